The molecule has 19 heavy (non-hydrogen) atoms. The maximum Gasteiger partial charge on any atom is 0.164 e. The first-order chi connectivity index (χ1) is 8.83. The zero-order valence-corrected chi connectivity index (χ0v) is 12.6. The van der Waals surface area contributed by atoms with Gasteiger partial charge in [-0.2, -0.15) is 0 Å². The van der Waals surface area contributed by atoms with Crippen LogP contribution in [0.15, 0.2) is 12.2 Å². The van der Waals surface area contributed by atoms with Crippen molar-refractivity contribution in [2.75, 3.05) is 6.61 Å². The third kappa shape index (κ3) is 3.78. The largest absolute Gasteiger partial charge is 0.348 e. The highest BCUT2D eigenvalue weighted by Crippen LogP contribution is 2.36. The Hall–Kier alpha value is -0.420. The van der Waals surface area contributed by atoms with Crippen molar-refractivity contribution in [3.05, 3.63) is 12.2 Å². The molecule has 0 amide bonds. The average molecular weight is 270 g/mol. The van der Waals surface area contributed by atoms with Gasteiger partial charge in [0.05, 0.1) is 6.61 Å². The Balaban J connectivity index is 2.04. The standard InChI is InChI=1S/C15H26O4/c1-6-7-8-9-11-13(19-15(4,5)17-11)12-10-16-14(2,3)18-12/h8-9,11-13H,6-7,10H2,1-5H3/b9-8+/t11-,12-,13+/m1/s1. The fourth-order valence-electron chi connectivity index (χ4n) is 2.53. The summed E-state index contributed by atoms with van der Waals surface area (Å²) >= 11 is 0. The van der Waals surface area contributed by atoms with Crippen LogP contribution in [0.1, 0.15) is 47.5 Å². The van der Waals surface area contributed by atoms with Crippen molar-refractivity contribution in [1.29, 1.82) is 0 Å². The summed E-state index contributed by atoms with van der Waals surface area (Å²) in [5, 5.41) is 0. The highest BCUT2D eigenvalue weighted by molar-refractivity contribution is 5.01. The van der Waals surface area contributed by atoms with E-state index in [4.69, 9.17) is 18.9 Å². The van der Waals surface area contributed by atoms with Gasteiger partial charge in [-0.3, -0.25) is 0 Å². The van der Waals surface area contributed by atoms with E-state index >= 15 is 0 Å². The lowest BCUT2D eigenvalue weighted by atomic mass is 10.1. The van der Waals surface area contributed by atoms with Crippen LogP contribution < -0.4 is 0 Å². The molecule has 2 aliphatic rings. The first-order valence-electron chi connectivity index (χ1n) is 7.17. The molecule has 2 heterocycles. The van der Waals surface area contributed by atoms with Gasteiger partial charge < -0.3 is 18.9 Å². The maximum absolute atomic E-state index is 5.99. The summed E-state index contributed by atoms with van der Waals surface area (Å²) in [6.45, 7) is 10.4. The molecule has 0 unspecified atom stereocenters. The van der Waals surface area contributed by atoms with Crippen molar-refractivity contribution in [2.24, 2.45) is 0 Å². The highest BCUT2D eigenvalue weighted by atomic mass is 16.8. The Morgan fingerprint density at radius 1 is 1.05 bits per heavy atom. The molecule has 0 aromatic carbocycles. The predicted octanol–water partition coefficient (Wildman–Crippen LogP) is 3.01. The second-order valence-electron chi connectivity index (χ2n) is 6.15. The second-order valence-corrected chi connectivity index (χ2v) is 6.15. The van der Waals surface area contributed by atoms with E-state index in [0.29, 0.717) is 6.61 Å². The molecule has 110 valence electrons. The maximum atomic E-state index is 5.99. The fourth-order valence-corrected chi connectivity index (χ4v) is 2.53. The molecule has 0 radical (unpaired) electrons. The van der Waals surface area contributed by atoms with Crippen LogP contribution in [0.5, 0.6) is 0 Å². The molecule has 4 heteroatoms. The van der Waals surface area contributed by atoms with Gasteiger partial charge in [0.2, 0.25) is 0 Å². The molecule has 4 nitrogen and oxygen atoms in total. The topological polar surface area (TPSA) is 36.9 Å². The lowest BCUT2D eigenvalue weighted by Gasteiger charge is -2.22. The quantitative estimate of drug-likeness (QED) is 0.736. The minimum atomic E-state index is -0.567. The summed E-state index contributed by atoms with van der Waals surface area (Å²) < 4.78 is 23.5. The molecule has 2 fully saturated rings. The van der Waals surface area contributed by atoms with E-state index in [-0.39, 0.29) is 18.3 Å². The number of allylic oxidation sites excluding steroid dienone is 1. The zero-order valence-electron chi connectivity index (χ0n) is 12.6. The number of rotatable bonds is 4. The molecule has 0 aliphatic carbocycles. The Labute approximate surface area is 116 Å². The fraction of sp³-hybridized carbons (Fsp3) is 0.867. The van der Waals surface area contributed by atoms with E-state index in [0.717, 1.165) is 12.8 Å². The summed E-state index contributed by atoms with van der Waals surface area (Å²) in [6.07, 6.45) is 6.19. The minimum Gasteiger partial charge on any atom is -0.348 e. The number of ether oxygens (including phenoxy) is 4. The molecular weight excluding hydrogens is 244 g/mol. The molecule has 2 aliphatic heterocycles. The monoisotopic (exact) mass is 270 g/mol. The zero-order chi connectivity index (χ0) is 14.1. The Bertz CT molecular complexity index is 335. The number of hydrogen-bond acceptors (Lipinski definition) is 4. The van der Waals surface area contributed by atoms with Crippen LogP contribution in [0.2, 0.25) is 0 Å². The van der Waals surface area contributed by atoms with Crippen LogP contribution in [0.3, 0.4) is 0 Å². The van der Waals surface area contributed by atoms with Gasteiger partial charge in [-0.15, -0.1) is 0 Å². The van der Waals surface area contributed by atoms with Crippen molar-refractivity contribution in [2.45, 2.75) is 77.3 Å². The lowest BCUT2D eigenvalue weighted by Crippen LogP contribution is -2.37. The molecule has 0 aromatic heterocycles. The van der Waals surface area contributed by atoms with Crippen LogP contribution in [-0.4, -0.2) is 36.5 Å². The van der Waals surface area contributed by atoms with Gasteiger partial charge in [-0.25, -0.2) is 0 Å². The molecule has 3 atom stereocenters. The Morgan fingerprint density at radius 2 is 1.79 bits per heavy atom. The molecule has 2 rings (SSSR count). The molecule has 0 spiro atoms. The van der Waals surface area contributed by atoms with E-state index in [1.165, 1.54) is 0 Å². The van der Waals surface area contributed by atoms with Gasteiger partial charge in [-0.05, 0) is 34.1 Å². The summed E-state index contributed by atoms with van der Waals surface area (Å²) in [7, 11) is 0. The first kappa shape index (κ1) is 15.0. The Morgan fingerprint density at radius 3 is 2.37 bits per heavy atom. The number of hydrogen-bond donors (Lipinski definition) is 0. The molecule has 0 saturated carbocycles. The average Bonchev–Trinajstić information content (AvgIpc) is 2.79. The first-order valence-corrected chi connectivity index (χ1v) is 7.17. The molecular formula is C15H26O4. The van der Waals surface area contributed by atoms with E-state index in [1.807, 2.05) is 27.7 Å². The van der Waals surface area contributed by atoms with Gasteiger partial charge in [-0.1, -0.05) is 25.5 Å². The van der Waals surface area contributed by atoms with Crippen molar-refractivity contribution in [1.82, 2.24) is 0 Å². The summed E-state index contributed by atoms with van der Waals surface area (Å²) in [5.41, 5.74) is 0. The SMILES string of the molecule is CCC/C=C/[C@H]1OC(C)(C)O[C@@H]1[C@H]1COC(C)(C)O1. The van der Waals surface area contributed by atoms with Crippen LogP contribution >= 0.6 is 0 Å². The van der Waals surface area contributed by atoms with Crippen LogP contribution in [0.4, 0.5) is 0 Å². The van der Waals surface area contributed by atoms with Crippen molar-refractivity contribution in [3.63, 3.8) is 0 Å². The number of unbranched alkanes of at least 4 members (excludes halogenated alkanes) is 1. The molecule has 0 N–H and O–H groups in total. The van der Waals surface area contributed by atoms with Gasteiger partial charge in [0.15, 0.2) is 11.6 Å². The highest BCUT2D eigenvalue weighted by Gasteiger charge is 2.48. The summed E-state index contributed by atoms with van der Waals surface area (Å²) in [4.78, 5) is 0. The molecule has 2 saturated heterocycles. The van der Waals surface area contributed by atoms with Crippen molar-refractivity contribution < 1.29 is 18.9 Å². The molecule has 0 aromatic rings. The second kappa shape index (κ2) is 5.52. The van der Waals surface area contributed by atoms with Gasteiger partial charge >= 0.3 is 0 Å². The van der Waals surface area contributed by atoms with Crippen molar-refractivity contribution >= 4 is 0 Å². The van der Waals surface area contributed by atoms with Crippen molar-refractivity contribution in [3.8, 4) is 0 Å². The van der Waals surface area contributed by atoms with E-state index < -0.39 is 11.6 Å². The van der Waals surface area contributed by atoms with E-state index in [9.17, 15) is 0 Å². The summed E-state index contributed by atoms with van der Waals surface area (Å²) in [5.74, 6) is -1.10. The minimum absolute atomic E-state index is 0.0657. The summed E-state index contributed by atoms with van der Waals surface area (Å²) in [6, 6.07) is 0. The predicted molar refractivity (Wildman–Crippen MR) is 72.8 cm³/mol. The lowest BCUT2D eigenvalue weighted by molar-refractivity contribution is -0.174. The third-order valence-corrected chi connectivity index (χ3v) is 3.34. The van der Waals surface area contributed by atoms with E-state index in [1.54, 1.807) is 0 Å². The van der Waals surface area contributed by atoms with Crippen LogP contribution in [-0.2, 0) is 18.9 Å². The Kier molecular flexibility index (Phi) is 4.35. The van der Waals surface area contributed by atoms with Crippen LogP contribution in [0, 0.1) is 0 Å². The van der Waals surface area contributed by atoms with E-state index in [2.05, 4.69) is 19.1 Å². The molecule has 0 bridgehead atoms. The smallest absolute Gasteiger partial charge is 0.164 e. The van der Waals surface area contributed by atoms with Gasteiger partial charge in [0.25, 0.3) is 0 Å². The van der Waals surface area contributed by atoms with Gasteiger partial charge in [0, 0.05) is 0 Å². The van der Waals surface area contributed by atoms with Crippen LogP contribution in [0.25, 0.3) is 0 Å². The normalized spacial score (nSPS) is 37.2. The van der Waals surface area contributed by atoms with Gasteiger partial charge in [0.1, 0.15) is 18.3 Å². The third-order valence-electron chi connectivity index (χ3n) is 3.34.